The van der Waals surface area contributed by atoms with Crippen molar-refractivity contribution in [2.45, 2.75) is 32.4 Å². The van der Waals surface area contributed by atoms with Gasteiger partial charge in [-0.15, -0.1) is 0 Å². The van der Waals surface area contributed by atoms with Crippen LogP contribution in [0, 0.1) is 5.41 Å². The molecule has 0 atom stereocenters. The molecule has 1 saturated carbocycles. The first kappa shape index (κ1) is 12.4. The molecule has 2 rings (SSSR count). The van der Waals surface area contributed by atoms with E-state index in [2.05, 4.69) is 11.8 Å². The van der Waals surface area contributed by atoms with E-state index in [0.717, 1.165) is 24.7 Å². The van der Waals surface area contributed by atoms with Gasteiger partial charge in [0, 0.05) is 23.2 Å². The molecule has 3 N–H and O–H groups in total. The predicted octanol–water partition coefficient (Wildman–Crippen LogP) is 2.61. The van der Waals surface area contributed by atoms with Crippen LogP contribution in [-0.4, -0.2) is 23.3 Å². The van der Waals surface area contributed by atoms with Crippen molar-refractivity contribution in [1.29, 1.82) is 5.41 Å². The molecule has 0 spiro atoms. The number of nitrogens with two attached hydrogens (primary N) is 1. The highest BCUT2D eigenvalue weighted by atomic mass is 35.5. The Morgan fingerprint density at radius 1 is 1.53 bits per heavy atom. The van der Waals surface area contributed by atoms with Crippen LogP contribution in [0.1, 0.15) is 30.9 Å². The monoisotopic (exact) mass is 251 g/mol. The number of amidine groups is 1. The zero-order valence-electron chi connectivity index (χ0n) is 10.0. The second kappa shape index (κ2) is 5.07. The van der Waals surface area contributed by atoms with Gasteiger partial charge < -0.3 is 5.73 Å². The fourth-order valence-corrected chi connectivity index (χ4v) is 2.24. The number of hydrogen-bond acceptors (Lipinski definition) is 2. The highest BCUT2D eigenvalue weighted by Crippen LogP contribution is 2.29. The molecule has 4 heteroatoms. The molecule has 0 radical (unpaired) electrons. The van der Waals surface area contributed by atoms with Crippen LogP contribution >= 0.6 is 11.6 Å². The van der Waals surface area contributed by atoms with Crippen molar-refractivity contribution in [3.05, 3.63) is 34.3 Å². The molecular weight excluding hydrogens is 234 g/mol. The van der Waals surface area contributed by atoms with E-state index in [9.17, 15) is 0 Å². The fourth-order valence-electron chi connectivity index (χ4n) is 2.00. The minimum Gasteiger partial charge on any atom is -0.384 e. The molecule has 1 fully saturated rings. The number of rotatable bonds is 5. The third kappa shape index (κ3) is 2.99. The van der Waals surface area contributed by atoms with Crippen LogP contribution in [0.3, 0.4) is 0 Å². The van der Waals surface area contributed by atoms with Crippen molar-refractivity contribution in [3.8, 4) is 0 Å². The van der Waals surface area contributed by atoms with E-state index in [1.54, 1.807) is 6.07 Å². The molecule has 0 aromatic heterocycles. The average Bonchev–Trinajstić information content (AvgIpc) is 3.11. The Morgan fingerprint density at radius 2 is 2.24 bits per heavy atom. The van der Waals surface area contributed by atoms with Gasteiger partial charge in [-0.1, -0.05) is 30.7 Å². The fraction of sp³-hybridized carbons (Fsp3) is 0.462. The summed E-state index contributed by atoms with van der Waals surface area (Å²) in [6.07, 6.45) is 2.61. The van der Waals surface area contributed by atoms with Gasteiger partial charge in [-0.3, -0.25) is 10.3 Å². The van der Waals surface area contributed by atoms with Crippen LogP contribution in [0.2, 0.25) is 5.02 Å². The topological polar surface area (TPSA) is 53.1 Å². The van der Waals surface area contributed by atoms with Crippen LogP contribution in [0.15, 0.2) is 18.2 Å². The molecule has 0 heterocycles. The third-order valence-corrected chi connectivity index (χ3v) is 3.56. The van der Waals surface area contributed by atoms with Gasteiger partial charge >= 0.3 is 0 Å². The van der Waals surface area contributed by atoms with Crippen LogP contribution in [0.4, 0.5) is 0 Å². The zero-order chi connectivity index (χ0) is 12.4. The number of nitrogen functional groups attached to an aromatic ring is 1. The van der Waals surface area contributed by atoms with Crippen LogP contribution in [-0.2, 0) is 6.54 Å². The summed E-state index contributed by atoms with van der Waals surface area (Å²) >= 11 is 6.22. The lowest BCUT2D eigenvalue weighted by atomic mass is 10.1. The van der Waals surface area contributed by atoms with Gasteiger partial charge in [0.05, 0.1) is 0 Å². The lowest BCUT2D eigenvalue weighted by Crippen LogP contribution is -2.25. The van der Waals surface area contributed by atoms with Gasteiger partial charge in [0.25, 0.3) is 0 Å². The molecular formula is C13H18ClN3. The number of nitrogens with one attached hydrogen (secondary N) is 1. The normalized spacial score (nSPS) is 15.2. The Labute approximate surface area is 107 Å². The van der Waals surface area contributed by atoms with Crippen LogP contribution in [0.5, 0.6) is 0 Å². The van der Waals surface area contributed by atoms with Crippen molar-refractivity contribution >= 4 is 17.4 Å². The van der Waals surface area contributed by atoms with Gasteiger partial charge in [-0.25, -0.2) is 0 Å². The van der Waals surface area contributed by atoms with Gasteiger partial charge in [0.2, 0.25) is 0 Å². The minimum atomic E-state index is 0.0630. The largest absolute Gasteiger partial charge is 0.384 e. The van der Waals surface area contributed by atoms with Crippen LogP contribution < -0.4 is 5.73 Å². The second-order valence-corrected chi connectivity index (χ2v) is 4.92. The lowest BCUT2D eigenvalue weighted by Gasteiger charge is -2.20. The predicted molar refractivity (Wildman–Crippen MR) is 71.6 cm³/mol. The van der Waals surface area contributed by atoms with E-state index in [-0.39, 0.29) is 5.84 Å². The van der Waals surface area contributed by atoms with Crippen LogP contribution in [0.25, 0.3) is 0 Å². The van der Waals surface area contributed by atoms with E-state index >= 15 is 0 Å². The average molecular weight is 252 g/mol. The van der Waals surface area contributed by atoms with Gasteiger partial charge in [0.15, 0.2) is 0 Å². The van der Waals surface area contributed by atoms with Crippen molar-refractivity contribution in [3.63, 3.8) is 0 Å². The van der Waals surface area contributed by atoms with Crippen molar-refractivity contribution in [1.82, 2.24) is 4.90 Å². The Kier molecular flexibility index (Phi) is 3.69. The molecule has 0 amide bonds. The second-order valence-electron chi connectivity index (χ2n) is 4.51. The maximum Gasteiger partial charge on any atom is 0.122 e. The molecule has 1 aromatic carbocycles. The molecule has 92 valence electrons. The summed E-state index contributed by atoms with van der Waals surface area (Å²) in [5.41, 5.74) is 7.24. The summed E-state index contributed by atoms with van der Waals surface area (Å²) in [4.78, 5) is 2.44. The van der Waals surface area contributed by atoms with E-state index in [4.69, 9.17) is 22.7 Å². The Morgan fingerprint density at radius 3 is 2.71 bits per heavy atom. The molecule has 0 aliphatic heterocycles. The lowest BCUT2D eigenvalue weighted by molar-refractivity contribution is 0.269. The first-order valence-electron chi connectivity index (χ1n) is 5.98. The first-order chi connectivity index (χ1) is 8.11. The maximum absolute atomic E-state index is 7.37. The Balaban J connectivity index is 2.12. The zero-order valence-corrected chi connectivity index (χ0v) is 10.8. The quantitative estimate of drug-likeness (QED) is 0.624. The highest BCUT2D eigenvalue weighted by Gasteiger charge is 2.27. The molecule has 1 aliphatic rings. The summed E-state index contributed by atoms with van der Waals surface area (Å²) in [6.45, 7) is 4.11. The molecule has 1 aromatic rings. The summed E-state index contributed by atoms with van der Waals surface area (Å²) in [5, 5.41) is 8.07. The van der Waals surface area contributed by atoms with Crippen molar-refractivity contribution in [2.75, 3.05) is 6.54 Å². The Hall–Kier alpha value is -1.06. The number of nitrogens with zero attached hydrogens (tertiary/aromatic N) is 1. The molecule has 3 nitrogen and oxygen atoms in total. The van der Waals surface area contributed by atoms with Gasteiger partial charge in [-0.05, 0) is 31.0 Å². The van der Waals surface area contributed by atoms with E-state index in [1.807, 2.05) is 12.1 Å². The summed E-state index contributed by atoms with van der Waals surface area (Å²) in [6, 6.07) is 6.36. The molecule has 17 heavy (non-hydrogen) atoms. The Bertz CT molecular complexity index is 427. The standard InChI is InChI=1S/C13H18ClN3/c1-2-17(11-5-6-11)8-10-4-3-9(13(15)16)7-12(10)14/h3-4,7,11H,2,5-6,8H2,1H3,(H3,15,16). The van der Waals surface area contributed by atoms with E-state index < -0.39 is 0 Å². The minimum absolute atomic E-state index is 0.0630. The highest BCUT2D eigenvalue weighted by molar-refractivity contribution is 6.31. The summed E-state index contributed by atoms with van der Waals surface area (Å²) in [5.74, 6) is 0.0630. The number of hydrogen-bond donors (Lipinski definition) is 2. The smallest absolute Gasteiger partial charge is 0.122 e. The molecule has 0 bridgehead atoms. The molecule has 1 aliphatic carbocycles. The maximum atomic E-state index is 7.37. The number of benzene rings is 1. The van der Waals surface area contributed by atoms with Gasteiger partial charge in [-0.2, -0.15) is 0 Å². The summed E-state index contributed by atoms with van der Waals surface area (Å²) < 4.78 is 0. The van der Waals surface area contributed by atoms with Crippen molar-refractivity contribution < 1.29 is 0 Å². The SMILES string of the molecule is CCN(Cc1ccc(C(=N)N)cc1Cl)C1CC1. The number of halogens is 1. The summed E-state index contributed by atoms with van der Waals surface area (Å²) in [7, 11) is 0. The van der Waals surface area contributed by atoms with E-state index in [0.29, 0.717) is 10.6 Å². The van der Waals surface area contributed by atoms with Crippen molar-refractivity contribution in [2.24, 2.45) is 5.73 Å². The van der Waals surface area contributed by atoms with E-state index in [1.165, 1.54) is 12.8 Å². The van der Waals surface area contributed by atoms with Gasteiger partial charge in [0.1, 0.15) is 5.84 Å². The molecule has 0 saturated heterocycles. The first-order valence-corrected chi connectivity index (χ1v) is 6.36. The molecule has 0 unspecified atom stereocenters. The third-order valence-electron chi connectivity index (χ3n) is 3.21.